The van der Waals surface area contributed by atoms with Gasteiger partial charge in [-0.25, -0.2) is 0 Å². The first-order chi connectivity index (χ1) is 9.81. The number of likely N-dealkylation sites (N-methyl/N-ethyl adjacent to an activating group) is 1. The molecule has 1 fully saturated rings. The van der Waals surface area contributed by atoms with E-state index in [1.54, 1.807) is 11.1 Å². The van der Waals surface area contributed by atoms with E-state index in [2.05, 4.69) is 40.4 Å². The second-order valence-electron chi connectivity index (χ2n) is 6.29. The van der Waals surface area contributed by atoms with E-state index in [1.807, 2.05) is 0 Å². The van der Waals surface area contributed by atoms with E-state index in [4.69, 9.17) is 0 Å². The van der Waals surface area contributed by atoms with Crippen molar-refractivity contribution in [2.75, 3.05) is 46.3 Å². The number of rotatable bonds is 5. The van der Waals surface area contributed by atoms with Gasteiger partial charge in [-0.3, -0.25) is 4.90 Å². The highest BCUT2D eigenvalue weighted by molar-refractivity contribution is 5.35. The second-order valence-corrected chi connectivity index (χ2v) is 6.29. The van der Waals surface area contributed by atoms with E-state index in [-0.39, 0.29) is 0 Å². The molecule has 1 aromatic carbocycles. The van der Waals surface area contributed by atoms with Crippen molar-refractivity contribution in [3.8, 4) is 0 Å². The fraction of sp³-hybridized carbons (Fsp3) is 0.647. The van der Waals surface area contributed by atoms with Crippen LogP contribution in [-0.4, -0.2) is 56.1 Å². The summed E-state index contributed by atoms with van der Waals surface area (Å²) < 4.78 is 0. The van der Waals surface area contributed by atoms with Crippen molar-refractivity contribution in [2.45, 2.75) is 25.8 Å². The minimum atomic E-state index is 1.08. The molecule has 0 unspecified atom stereocenters. The topological polar surface area (TPSA) is 18.5 Å². The van der Waals surface area contributed by atoms with Crippen molar-refractivity contribution in [3.05, 3.63) is 34.9 Å². The Bertz CT molecular complexity index is 438. The molecule has 0 saturated carbocycles. The molecule has 0 atom stereocenters. The van der Waals surface area contributed by atoms with Gasteiger partial charge in [0.1, 0.15) is 0 Å². The van der Waals surface area contributed by atoms with Crippen molar-refractivity contribution in [2.24, 2.45) is 0 Å². The molecule has 1 saturated heterocycles. The van der Waals surface area contributed by atoms with Crippen LogP contribution in [0.1, 0.15) is 23.1 Å². The van der Waals surface area contributed by atoms with Crippen LogP contribution in [0.25, 0.3) is 0 Å². The summed E-state index contributed by atoms with van der Waals surface area (Å²) in [5.74, 6) is 0. The van der Waals surface area contributed by atoms with E-state index in [0.29, 0.717) is 0 Å². The molecule has 0 radical (unpaired) electrons. The predicted molar refractivity (Wildman–Crippen MR) is 84.1 cm³/mol. The van der Waals surface area contributed by atoms with Crippen molar-refractivity contribution in [3.63, 3.8) is 0 Å². The first-order valence-corrected chi connectivity index (χ1v) is 8.03. The minimum absolute atomic E-state index is 1.08. The largest absolute Gasteiger partial charge is 0.314 e. The molecule has 0 aromatic heterocycles. The Hall–Kier alpha value is -0.900. The second kappa shape index (κ2) is 6.70. The third kappa shape index (κ3) is 3.60. The molecule has 1 aliphatic heterocycles. The molecular weight excluding hydrogens is 246 g/mol. The molecule has 0 amide bonds. The van der Waals surface area contributed by atoms with Crippen molar-refractivity contribution >= 4 is 0 Å². The van der Waals surface area contributed by atoms with Crippen LogP contribution in [0, 0.1) is 0 Å². The molecule has 1 aromatic rings. The summed E-state index contributed by atoms with van der Waals surface area (Å²) in [6.45, 7) is 8.14. The highest BCUT2D eigenvalue weighted by Gasteiger charge is 2.12. The molecule has 1 aliphatic carbocycles. The van der Waals surface area contributed by atoms with E-state index in [0.717, 1.165) is 26.2 Å². The molecule has 0 spiro atoms. The Morgan fingerprint density at radius 3 is 2.80 bits per heavy atom. The highest BCUT2D eigenvalue weighted by atomic mass is 15.2. The molecule has 2 aliphatic rings. The maximum atomic E-state index is 3.41. The van der Waals surface area contributed by atoms with Crippen molar-refractivity contribution < 1.29 is 0 Å². The number of nitrogens with one attached hydrogen (secondary N) is 1. The summed E-state index contributed by atoms with van der Waals surface area (Å²) in [5, 5.41) is 3.41. The van der Waals surface area contributed by atoms with Crippen LogP contribution in [0.15, 0.2) is 18.2 Å². The summed E-state index contributed by atoms with van der Waals surface area (Å²) >= 11 is 0. The Labute approximate surface area is 123 Å². The maximum absolute atomic E-state index is 3.41. The molecule has 110 valence electrons. The molecule has 1 N–H and O–H groups in total. The molecular formula is C17H27N3. The van der Waals surface area contributed by atoms with Gasteiger partial charge in [0.25, 0.3) is 0 Å². The SMILES string of the molecule is CN(CCN1CCNCC1)Cc1ccc2c(c1)CCC2. The molecule has 1 heterocycles. The number of hydrogen-bond acceptors (Lipinski definition) is 3. The molecule has 20 heavy (non-hydrogen) atoms. The molecule has 3 nitrogen and oxygen atoms in total. The lowest BCUT2D eigenvalue weighted by Crippen LogP contribution is -2.45. The Kier molecular flexibility index (Phi) is 4.71. The summed E-state index contributed by atoms with van der Waals surface area (Å²) in [6.07, 6.45) is 3.92. The van der Waals surface area contributed by atoms with E-state index < -0.39 is 0 Å². The maximum Gasteiger partial charge on any atom is 0.0231 e. The van der Waals surface area contributed by atoms with Gasteiger partial charge >= 0.3 is 0 Å². The fourth-order valence-corrected chi connectivity index (χ4v) is 3.36. The highest BCUT2D eigenvalue weighted by Crippen LogP contribution is 2.23. The number of nitrogens with zero attached hydrogens (tertiary/aromatic N) is 2. The molecule has 0 bridgehead atoms. The van der Waals surface area contributed by atoms with Crippen LogP contribution < -0.4 is 5.32 Å². The van der Waals surface area contributed by atoms with E-state index in [1.165, 1.54) is 44.5 Å². The third-order valence-corrected chi connectivity index (χ3v) is 4.62. The van der Waals surface area contributed by atoms with Gasteiger partial charge in [0, 0.05) is 45.8 Å². The van der Waals surface area contributed by atoms with E-state index >= 15 is 0 Å². The summed E-state index contributed by atoms with van der Waals surface area (Å²) in [5.41, 5.74) is 4.66. The average Bonchev–Trinajstić information content (AvgIpc) is 2.94. The van der Waals surface area contributed by atoms with Gasteiger partial charge in [-0.05, 0) is 43.0 Å². The quantitative estimate of drug-likeness (QED) is 0.877. The zero-order chi connectivity index (χ0) is 13.8. The summed E-state index contributed by atoms with van der Waals surface area (Å²) in [7, 11) is 2.25. The smallest absolute Gasteiger partial charge is 0.0231 e. The lowest BCUT2D eigenvalue weighted by Gasteiger charge is -2.29. The van der Waals surface area contributed by atoms with Gasteiger partial charge in [0.15, 0.2) is 0 Å². The molecule has 3 heteroatoms. The van der Waals surface area contributed by atoms with Crippen LogP contribution in [0.2, 0.25) is 0 Å². The molecule has 3 rings (SSSR count). The number of aryl methyl sites for hydroxylation is 2. The van der Waals surface area contributed by atoms with Gasteiger partial charge in [-0.15, -0.1) is 0 Å². The van der Waals surface area contributed by atoms with Crippen LogP contribution >= 0.6 is 0 Å². The minimum Gasteiger partial charge on any atom is -0.314 e. The number of piperazine rings is 1. The Morgan fingerprint density at radius 2 is 1.95 bits per heavy atom. The first-order valence-electron chi connectivity index (χ1n) is 8.03. The number of hydrogen-bond donors (Lipinski definition) is 1. The normalized spacial score (nSPS) is 19.5. The van der Waals surface area contributed by atoms with Crippen LogP contribution in [-0.2, 0) is 19.4 Å². The lowest BCUT2D eigenvalue weighted by atomic mass is 10.1. The summed E-state index contributed by atoms with van der Waals surface area (Å²) in [6, 6.07) is 7.11. The van der Waals surface area contributed by atoms with Gasteiger partial charge < -0.3 is 10.2 Å². The third-order valence-electron chi connectivity index (χ3n) is 4.62. The number of benzene rings is 1. The van der Waals surface area contributed by atoms with Crippen molar-refractivity contribution in [1.82, 2.24) is 15.1 Å². The lowest BCUT2D eigenvalue weighted by molar-refractivity contribution is 0.202. The fourth-order valence-electron chi connectivity index (χ4n) is 3.36. The van der Waals surface area contributed by atoms with Gasteiger partial charge in [0.2, 0.25) is 0 Å². The zero-order valence-electron chi connectivity index (χ0n) is 12.7. The Balaban J connectivity index is 1.47. The van der Waals surface area contributed by atoms with Gasteiger partial charge in [0.05, 0.1) is 0 Å². The standard InChI is InChI=1S/C17H27N3/c1-19(11-12-20-9-7-18-8-10-20)14-15-5-6-16-3-2-4-17(16)13-15/h5-6,13,18H,2-4,7-12,14H2,1H3. The monoisotopic (exact) mass is 273 g/mol. The van der Waals surface area contributed by atoms with Crippen LogP contribution in [0.5, 0.6) is 0 Å². The Morgan fingerprint density at radius 1 is 1.15 bits per heavy atom. The predicted octanol–water partition coefficient (Wildman–Crippen LogP) is 1.51. The van der Waals surface area contributed by atoms with E-state index in [9.17, 15) is 0 Å². The van der Waals surface area contributed by atoms with Crippen LogP contribution in [0.3, 0.4) is 0 Å². The van der Waals surface area contributed by atoms with Crippen LogP contribution in [0.4, 0.5) is 0 Å². The zero-order valence-corrected chi connectivity index (χ0v) is 12.7. The average molecular weight is 273 g/mol. The van der Waals surface area contributed by atoms with Gasteiger partial charge in [-0.2, -0.15) is 0 Å². The summed E-state index contributed by atoms with van der Waals surface area (Å²) in [4.78, 5) is 5.02. The first kappa shape index (κ1) is 14.1. The van der Waals surface area contributed by atoms with Crippen molar-refractivity contribution in [1.29, 1.82) is 0 Å². The number of fused-ring (bicyclic) bond motifs is 1. The van der Waals surface area contributed by atoms with Gasteiger partial charge in [-0.1, -0.05) is 18.2 Å².